The average Bonchev–Trinajstić information content (AvgIpc) is 2.52. The van der Waals surface area contributed by atoms with Crippen molar-refractivity contribution < 1.29 is 4.39 Å². The van der Waals surface area contributed by atoms with E-state index in [1.807, 2.05) is 0 Å². The number of anilines is 1. The minimum atomic E-state index is -0.349. The molecule has 0 radical (unpaired) electrons. The molecule has 6 heteroatoms. The van der Waals surface area contributed by atoms with Gasteiger partial charge in [-0.25, -0.2) is 9.07 Å². The molecule has 1 heterocycles. The number of nitrogens with two attached hydrogens (primary N) is 1. The number of hydrogen-bond acceptors (Lipinski definition) is 3. The Bertz CT molecular complexity index is 489. The van der Waals surface area contributed by atoms with Gasteiger partial charge in [-0.15, -0.1) is 5.10 Å². The normalized spacial score (nSPS) is 10.6. The Morgan fingerprint density at radius 1 is 1.47 bits per heavy atom. The lowest BCUT2D eigenvalue weighted by atomic mass is 10.2. The van der Waals surface area contributed by atoms with Gasteiger partial charge >= 0.3 is 0 Å². The first-order valence-corrected chi connectivity index (χ1v) is 4.99. The molecule has 2 N–H and O–H groups in total. The van der Waals surface area contributed by atoms with Crippen LogP contribution in [0.25, 0.3) is 11.4 Å². The highest BCUT2D eigenvalue weighted by Crippen LogP contribution is 2.22. The molecule has 0 saturated carbocycles. The number of hydrogen-bond donors (Lipinski definition) is 1. The predicted octanol–water partition coefficient (Wildman–Crippen LogP) is 1.97. The van der Waals surface area contributed by atoms with Crippen molar-refractivity contribution in [1.29, 1.82) is 0 Å². The number of nitrogen functional groups attached to an aromatic ring is 1. The summed E-state index contributed by atoms with van der Waals surface area (Å²) >= 11 is 3.08. The topological polar surface area (TPSA) is 56.7 Å². The van der Waals surface area contributed by atoms with Crippen molar-refractivity contribution in [3.05, 3.63) is 28.5 Å². The number of nitrogens with zero attached hydrogens (tertiary/aromatic N) is 3. The third-order valence-corrected chi connectivity index (χ3v) is 2.62. The second kappa shape index (κ2) is 3.62. The maximum atomic E-state index is 13.2. The first-order valence-electron chi connectivity index (χ1n) is 4.20. The fraction of sp³-hybridized carbons (Fsp3) is 0.111. The first-order chi connectivity index (χ1) is 7.08. The maximum absolute atomic E-state index is 13.2. The summed E-state index contributed by atoms with van der Waals surface area (Å²) in [5, 5.41) is 4.05. The highest BCUT2D eigenvalue weighted by Gasteiger charge is 2.08. The van der Waals surface area contributed by atoms with Gasteiger partial charge in [0, 0.05) is 12.6 Å². The number of halogens is 2. The van der Waals surface area contributed by atoms with Crippen LogP contribution in [0, 0.1) is 5.82 Å². The van der Waals surface area contributed by atoms with Gasteiger partial charge in [0.1, 0.15) is 5.82 Å². The van der Waals surface area contributed by atoms with Gasteiger partial charge in [-0.1, -0.05) is 0 Å². The minimum Gasteiger partial charge on any atom is -0.368 e. The molecule has 15 heavy (non-hydrogen) atoms. The van der Waals surface area contributed by atoms with Crippen LogP contribution >= 0.6 is 15.9 Å². The molecule has 4 nitrogen and oxygen atoms in total. The standard InChI is InChI=1S/C9H8BrFN4/c1-15-9(12)13-8(14-15)5-2-3-6(10)7(11)4-5/h2-4H,1H3,(H2,12,13,14). The number of benzene rings is 1. The molecule has 1 aromatic carbocycles. The van der Waals surface area contributed by atoms with Gasteiger partial charge in [0.2, 0.25) is 5.95 Å². The van der Waals surface area contributed by atoms with Crippen LogP contribution in [0.2, 0.25) is 0 Å². The van der Waals surface area contributed by atoms with Crippen molar-refractivity contribution in [1.82, 2.24) is 14.8 Å². The van der Waals surface area contributed by atoms with Crippen LogP contribution in [0.5, 0.6) is 0 Å². The summed E-state index contributed by atoms with van der Waals surface area (Å²) in [6.07, 6.45) is 0. The van der Waals surface area contributed by atoms with Crippen molar-refractivity contribution in [3.63, 3.8) is 0 Å². The predicted molar refractivity (Wildman–Crippen MR) is 58.5 cm³/mol. The minimum absolute atomic E-state index is 0.299. The molecule has 78 valence electrons. The molecule has 0 bridgehead atoms. The van der Waals surface area contributed by atoms with Gasteiger partial charge < -0.3 is 5.73 Å². The number of rotatable bonds is 1. The lowest BCUT2D eigenvalue weighted by molar-refractivity contribution is 0.621. The molecule has 0 aliphatic rings. The van der Waals surface area contributed by atoms with E-state index in [0.717, 1.165) is 0 Å². The van der Waals surface area contributed by atoms with Gasteiger partial charge in [0.05, 0.1) is 4.47 Å². The smallest absolute Gasteiger partial charge is 0.218 e. The molecule has 0 aliphatic heterocycles. The quantitative estimate of drug-likeness (QED) is 0.862. The Hall–Kier alpha value is -1.43. The van der Waals surface area contributed by atoms with Gasteiger partial charge in [-0.3, -0.25) is 0 Å². The molecule has 2 rings (SSSR count). The first kappa shape index (κ1) is 10.1. The van der Waals surface area contributed by atoms with Gasteiger partial charge in [-0.05, 0) is 34.1 Å². The van der Waals surface area contributed by atoms with Gasteiger partial charge in [0.25, 0.3) is 0 Å². The van der Waals surface area contributed by atoms with Crippen LogP contribution in [0.1, 0.15) is 0 Å². The summed E-state index contributed by atoms with van der Waals surface area (Å²) in [5.41, 5.74) is 6.13. The van der Waals surface area contributed by atoms with Gasteiger partial charge in [0.15, 0.2) is 5.82 Å². The van der Waals surface area contributed by atoms with E-state index in [1.165, 1.54) is 10.7 Å². The molecular formula is C9H8BrFN4. The zero-order chi connectivity index (χ0) is 11.0. The molecule has 0 unspecified atom stereocenters. The maximum Gasteiger partial charge on any atom is 0.218 e. The van der Waals surface area contributed by atoms with E-state index >= 15 is 0 Å². The molecule has 2 aromatic rings. The molecular weight excluding hydrogens is 263 g/mol. The van der Waals surface area contributed by atoms with E-state index in [4.69, 9.17) is 5.73 Å². The van der Waals surface area contributed by atoms with Crippen molar-refractivity contribution in [3.8, 4) is 11.4 Å². The Balaban J connectivity index is 2.49. The fourth-order valence-electron chi connectivity index (χ4n) is 1.15. The van der Waals surface area contributed by atoms with E-state index in [-0.39, 0.29) is 5.82 Å². The molecule has 0 fully saturated rings. The van der Waals surface area contributed by atoms with Crippen LogP contribution in [-0.2, 0) is 7.05 Å². The van der Waals surface area contributed by atoms with E-state index < -0.39 is 0 Å². The zero-order valence-corrected chi connectivity index (χ0v) is 9.49. The zero-order valence-electron chi connectivity index (χ0n) is 7.91. The Morgan fingerprint density at radius 3 is 2.73 bits per heavy atom. The van der Waals surface area contributed by atoms with Crippen LogP contribution in [0.15, 0.2) is 22.7 Å². The summed E-state index contributed by atoms with van der Waals surface area (Å²) in [6.45, 7) is 0. The third kappa shape index (κ3) is 1.85. The van der Waals surface area contributed by atoms with E-state index in [0.29, 0.717) is 21.8 Å². The Labute approximate surface area is 94.1 Å². The van der Waals surface area contributed by atoms with Crippen LogP contribution in [0.3, 0.4) is 0 Å². The monoisotopic (exact) mass is 270 g/mol. The molecule has 0 atom stereocenters. The number of aromatic nitrogens is 3. The Morgan fingerprint density at radius 2 is 2.20 bits per heavy atom. The molecule has 0 saturated heterocycles. The summed E-state index contributed by atoms with van der Waals surface area (Å²) in [4.78, 5) is 4.00. The molecule has 0 amide bonds. The summed E-state index contributed by atoms with van der Waals surface area (Å²) in [7, 11) is 1.68. The third-order valence-electron chi connectivity index (χ3n) is 1.97. The van der Waals surface area contributed by atoms with E-state index in [1.54, 1.807) is 19.2 Å². The second-order valence-electron chi connectivity index (χ2n) is 3.05. The summed E-state index contributed by atoms with van der Waals surface area (Å²) < 4.78 is 15.1. The lowest BCUT2D eigenvalue weighted by Crippen LogP contribution is -1.97. The highest BCUT2D eigenvalue weighted by atomic mass is 79.9. The van der Waals surface area contributed by atoms with E-state index in [2.05, 4.69) is 26.0 Å². The van der Waals surface area contributed by atoms with Gasteiger partial charge in [-0.2, -0.15) is 4.98 Å². The van der Waals surface area contributed by atoms with Crippen molar-refractivity contribution in [2.45, 2.75) is 0 Å². The van der Waals surface area contributed by atoms with Crippen LogP contribution in [-0.4, -0.2) is 14.8 Å². The van der Waals surface area contributed by atoms with Crippen molar-refractivity contribution in [2.75, 3.05) is 5.73 Å². The summed E-state index contributed by atoms with van der Waals surface area (Å²) in [5.74, 6) is 0.369. The average molecular weight is 271 g/mol. The van der Waals surface area contributed by atoms with Crippen molar-refractivity contribution in [2.24, 2.45) is 7.05 Å². The summed E-state index contributed by atoms with van der Waals surface area (Å²) in [6, 6.07) is 4.69. The second-order valence-corrected chi connectivity index (χ2v) is 3.90. The van der Waals surface area contributed by atoms with Crippen LogP contribution in [0.4, 0.5) is 10.3 Å². The van der Waals surface area contributed by atoms with Crippen molar-refractivity contribution >= 4 is 21.9 Å². The van der Waals surface area contributed by atoms with Crippen LogP contribution < -0.4 is 5.73 Å². The largest absolute Gasteiger partial charge is 0.368 e. The molecule has 1 aromatic heterocycles. The Kier molecular flexibility index (Phi) is 2.44. The highest BCUT2D eigenvalue weighted by molar-refractivity contribution is 9.10. The number of aryl methyl sites for hydroxylation is 1. The van der Waals surface area contributed by atoms with E-state index in [9.17, 15) is 4.39 Å². The SMILES string of the molecule is Cn1nc(-c2ccc(Br)c(F)c2)nc1N. The molecule has 0 spiro atoms. The lowest BCUT2D eigenvalue weighted by Gasteiger charge is -1.97. The fourth-order valence-corrected chi connectivity index (χ4v) is 1.40. The molecule has 0 aliphatic carbocycles.